The summed E-state index contributed by atoms with van der Waals surface area (Å²) in [4.78, 5) is 55.8. The molecule has 1 amide bonds. The molecule has 0 bridgehead atoms. The first-order chi connectivity index (χ1) is 15.3. The molecule has 0 aliphatic carbocycles. The van der Waals surface area contributed by atoms with Crippen molar-refractivity contribution >= 4 is 47.6 Å². The highest BCUT2D eigenvalue weighted by atomic mass is 32.2. The number of nitrogens with one attached hydrogen (secondary N) is 1. The van der Waals surface area contributed by atoms with E-state index in [2.05, 4.69) is 10.1 Å². The number of carbonyl (C=O) groups excluding carboxylic acids is 2. The van der Waals surface area contributed by atoms with Gasteiger partial charge >= 0.3 is 23.9 Å². The summed E-state index contributed by atoms with van der Waals surface area (Å²) < 4.78 is 4.43. The highest BCUT2D eigenvalue weighted by Crippen LogP contribution is 2.39. The number of thioether (sulfide) groups is 1. The maximum atomic E-state index is 11.9. The van der Waals surface area contributed by atoms with Gasteiger partial charge < -0.3 is 46.4 Å². The van der Waals surface area contributed by atoms with E-state index in [9.17, 15) is 39.3 Å². The van der Waals surface area contributed by atoms with Crippen LogP contribution in [0.4, 0.5) is 0 Å². The Bertz CT molecular complexity index is 964. The van der Waals surface area contributed by atoms with Crippen LogP contribution in [0.5, 0.6) is 11.5 Å². The quantitative estimate of drug-likeness (QED) is 0.0697. The van der Waals surface area contributed by atoms with Gasteiger partial charge in [-0.3, -0.25) is 9.59 Å². The zero-order chi connectivity index (χ0) is 25.3. The molecule has 0 spiro atoms. The van der Waals surface area contributed by atoms with Crippen LogP contribution in [0.2, 0.25) is 0 Å². The number of nitrogens with two attached hydrogens (primary N) is 1. The number of aliphatic hydroxyl groups excluding tert-OH is 1. The highest BCUT2D eigenvalue weighted by Gasteiger charge is 2.35. The fourth-order valence-corrected chi connectivity index (χ4v) is 3.15. The molecule has 0 fully saturated rings. The van der Waals surface area contributed by atoms with E-state index in [1.807, 2.05) is 0 Å². The maximum Gasteiger partial charge on any atom is 0.348 e. The number of hydrogen-bond acceptors (Lipinski definition) is 11. The second kappa shape index (κ2) is 12.3. The van der Waals surface area contributed by atoms with E-state index in [-0.39, 0.29) is 16.2 Å². The van der Waals surface area contributed by atoms with Crippen molar-refractivity contribution in [2.75, 3.05) is 12.3 Å². The van der Waals surface area contributed by atoms with Gasteiger partial charge in [0.1, 0.15) is 6.54 Å². The van der Waals surface area contributed by atoms with Gasteiger partial charge in [0.25, 0.3) is 0 Å². The highest BCUT2D eigenvalue weighted by molar-refractivity contribution is 7.99. The third-order valence-corrected chi connectivity index (χ3v) is 4.97. The van der Waals surface area contributed by atoms with E-state index in [0.29, 0.717) is 6.08 Å². The molecular weight excluding hydrogens is 468 g/mol. The Balaban J connectivity index is 2.98. The molecule has 0 heterocycles. The molecule has 14 nitrogen and oxygen atoms in total. The van der Waals surface area contributed by atoms with Gasteiger partial charge in [-0.15, -0.1) is 11.8 Å². The van der Waals surface area contributed by atoms with Crippen molar-refractivity contribution in [1.29, 1.82) is 0 Å². The van der Waals surface area contributed by atoms with Crippen molar-refractivity contribution < 1.29 is 59.3 Å². The summed E-state index contributed by atoms with van der Waals surface area (Å²) in [6.45, 7) is -0.654. The number of hydrogen-bond donors (Lipinski definition) is 8. The lowest BCUT2D eigenvalue weighted by atomic mass is 10.2. The average molecular weight is 488 g/mol. The van der Waals surface area contributed by atoms with E-state index in [0.717, 1.165) is 23.9 Å². The summed E-state index contributed by atoms with van der Waals surface area (Å²) >= 11 is 0.779. The minimum atomic E-state index is -2.52. The predicted octanol–water partition coefficient (Wildman–Crippen LogP) is -1.83. The van der Waals surface area contributed by atoms with Crippen LogP contribution in [0.3, 0.4) is 0 Å². The number of carboxylic acid groups (broad SMARTS) is 3. The Morgan fingerprint density at radius 1 is 1.09 bits per heavy atom. The molecule has 1 rings (SSSR count). The number of benzene rings is 1. The number of rotatable bonds is 12. The molecule has 0 saturated heterocycles. The first kappa shape index (κ1) is 27.2. The Morgan fingerprint density at radius 2 is 1.73 bits per heavy atom. The topological polar surface area (TPSA) is 254 Å². The lowest BCUT2D eigenvalue weighted by Crippen LogP contribution is -2.44. The Labute approximate surface area is 189 Å². The number of esters is 1. The normalized spacial score (nSPS) is 13.6. The minimum Gasteiger partial charge on any atom is -0.504 e. The molecule has 1 aromatic carbocycles. The second-order valence-corrected chi connectivity index (χ2v) is 7.22. The van der Waals surface area contributed by atoms with Crippen LogP contribution in [-0.4, -0.2) is 91.0 Å². The fraction of sp³-hybridized carbons (Fsp3) is 0.278. The van der Waals surface area contributed by atoms with Gasteiger partial charge in [0.2, 0.25) is 12.0 Å². The lowest BCUT2D eigenvalue weighted by Gasteiger charge is -2.15. The first-order valence-electron chi connectivity index (χ1n) is 8.80. The molecule has 2 unspecified atom stereocenters. The van der Waals surface area contributed by atoms with Crippen molar-refractivity contribution in [2.24, 2.45) is 5.73 Å². The molecule has 0 aliphatic heterocycles. The van der Waals surface area contributed by atoms with Gasteiger partial charge in [0, 0.05) is 11.8 Å². The average Bonchev–Trinajstić information content (AvgIpc) is 2.74. The van der Waals surface area contributed by atoms with Gasteiger partial charge in [-0.2, -0.15) is 0 Å². The summed E-state index contributed by atoms with van der Waals surface area (Å²) in [7, 11) is 0. The van der Waals surface area contributed by atoms with Gasteiger partial charge in [0.15, 0.2) is 17.6 Å². The number of carbonyl (C=O) groups is 5. The molecule has 0 radical (unpaired) electrons. The summed E-state index contributed by atoms with van der Waals surface area (Å²) in [6.07, 6.45) is -3.19. The third-order valence-electron chi connectivity index (χ3n) is 3.72. The molecule has 9 N–H and O–H groups in total. The number of aliphatic hydroxyl groups is 1. The van der Waals surface area contributed by atoms with Crippen LogP contribution in [0.25, 0.3) is 6.08 Å². The van der Waals surface area contributed by atoms with Gasteiger partial charge in [0.05, 0.1) is 10.9 Å². The summed E-state index contributed by atoms with van der Waals surface area (Å²) in [5.41, 5.74) is 5.75. The minimum absolute atomic E-state index is 0.0408. The second-order valence-electron chi connectivity index (χ2n) is 6.19. The number of aliphatic carboxylic acids is 3. The number of phenols is 2. The molecule has 33 heavy (non-hydrogen) atoms. The van der Waals surface area contributed by atoms with Crippen molar-refractivity contribution in [3.05, 3.63) is 23.8 Å². The van der Waals surface area contributed by atoms with Crippen molar-refractivity contribution in [2.45, 2.75) is 23.1 Å². The fourth-order valence-electron chi connectivity index (χ4n) is 2.10. The third kappa shape index (κ3) is 8.32. The molecule has 3 atom stereocenters. The molecule has 0 aromatic heterocycles. The van der Waals surface area contributed by atoms with Crippen LogP contribution in [0.1, 0.15) is 5.56 Å². The van der Waals surface area contributed by atoms with Crippen LogP contribution >= 0.6 is 11.8 Å². The standard InChI is InChI=1S/C18H20N2O12S/c19-8(16(27)20-5-10(22)23)6-33-15-7(1-3-9(21)12(15)25)2-4-11(24)32-14(18(30)31)13(26)17(28)29/h1-4,8,13-14,21,25-26H,5-6,19H2,(H,20,27)(H,22,23)(H,28,29)(H,30,31)/b4-2+/t8-,13?,14?/m0/s1. The Hall–Kier alpha value is -3.82. The van der Waals surface area contributed by atoms with Crippen molar-refractivity contribution in [3.63, 3.8) is 0 Å². The summed E-state index contributed by atoms with van der Waals surface area (Å²) in [5.74, 6) is -8.59. The predicted molar refractivity (Wildman–Crippen MR) is 109 cm³/mol. The monoisotopic (exact) mass is 488 g/mol. The summed E-state index contributed by atoms with van der Waals surface area (Å²) in [5, 5.41) is 57.3. The zero-order valence-electron chi connectivity index (χ0n) is 16.6. The van der Waals surface area contributed by atoms with Crippen LogP contribution in [0, 0.1) is 0 Å². The van der Waals surface area contributed by atoms with E-state index >= 15 is 0 Å². The SMILES string of the molecule is N[C@@H](CSc1c(/C=C/C(=O)OC(C(=O)O)C(O)C(=O)O)ccc(O)c1O)C(=O)NCC(=O)O. The molecule has 180 valence electrons. The number of aromatic hydroxyl groups is 2. The molecule has 15 heteroatoms. The van der Waals surface area contributed by atoms with Crippen LogP contribution < -0.4 is 11.1 Å². The molecule has 0 saturated carbocycles. The van der Waals surface area contributed by atoms with E-state index in [4.69, 9.17) is 21.1 Å². The molecular formula is C18H20N2O12S. The molecule has 1 aromatic rings. The van der Waals surface area contributed by atoms with Crippen LogP contribution in [-0.2, 0) is 28.7 Å². The van der Waals surface area contributed by atoms with E-state index < -0.39 is 66.1 Å². The van der Waals surface area contributed by atoms with Gasteiger partial charge in [-0.1, -0.05) is 0 Å². The van der Waals surface area contributed by atoms with Crippen molar-refractivity contribution in [3.8, 4) is 11.5 Å². The Morgan fingerprint density at radius 3 is 2.27 bits per heavy atom. The van der Waals surface area contributed by atoms with E-state index in [1.54, 1.807) is 0 Å². The van der Waals surface area contributed by atoms with Gasteiger partial charge in [-0.25, -0.2) is 14.4 Å². The number of amides is 1. The van der Waals surface area contributed by atoms with E-state index in [1.165, 1.54) is 6.07 Å². The number of carboxylic acids is 3. The number of ether oxygens (including phenoxy) is 1. The maximum absolute atomic E-state index is 11.9. The first-order valence-corrected chi connectivity index (χ1v) is 9.78. The number of phenolic OH excluding ortho intramolecular Hbond substituents is 2. The Kier molecular flexibility index (Phi) is 10.1. The lowest BCUT2D eigenvalue weighted by molar-refractivity contribution is -0.176. The van der Waals surface area contributed by atoms with Gasteiger partial charge in [-0.05, 0) is 23.8 Å². The molecule has 0 aliphatic rings. The van der Waals surface area contributed by atoms with Crippen molar-refractivity contribution in [1.82, 2.24) is 5.32 Å². The smallest absolute Gasteiger partial charge is 0.348 e. The largest absolute Gasteiger partial charge is 0.504 e. The van der Waals surface area contributed by atoms with Crippen LogP contribution in [0.15, 0.2) is 23.1 Å². The zero-order valence-corrected chi connectivity index (χ0v) is 17.4. The summed E-state index contributed by atoms with van der Waals surface area (Å²) in [6, 6.07) is 1.11.